The van der Waals surface area contributed by atoms with Gasteiger partial charge in [0.25, 0.3) is 5.91 Å². The molecular formula is C19H17BrFN3O2. The second-order valence-corrected chi connectivity index (χ2v) is 6.79. The van der Waals surface area contributed by atoms with Crippen molar-refractivity contribution in [1.29, 1.82) is 0 Å². The van der Waals surface area contributed by atoms with E-state index in [1.165, 1.54) is 12.1 Å². The number of primary amides is 1. The van der Waals surface area contributed by atoms with E-state index in [4.69, 9.17) is 5.73 Å². The fourth-order valence-corrected chi connectivity index (χ4v) is 3.37. The second kappa shape index (κ2) is 7.70. The largest absolute Gasteiger partial charge is 0.369 e. The number of hydrogen-bond donors (Lipinski definition) is 3. The summed E-state index contributed by atoms with van der Waals surface area (Å²) in [5.74, 6) is -1.79. The third kappa shape index (κ3) is 3.94. The predicted molar refractivity (Wildman–Crippen MR) is 101 cm³/mol. The van der Waals surface area contributed by atoms with Crippen molar-refractivity contribution in [2.24, 2.45) is 11.7 Å². The van der Waals surface area contributed by atoms with Gasteiger partial charge >= 0.3 is 0 Å². The van der Waals surface area contributed by atoms with Crippen molar-refractivity contribution < 1.29 is 14.0 Å². The number of H-pyrrole nitrogens is 1. The summed E-state index contributed by atoms with van der Waals surface area (Å²) in [7, 11) is 0. The molecule has 0 fully saturated rings. The second-order valence-electron chi connectivity index (χ2n) is 6.00. The van der Waals surface area contributed by atoms with E-state index in [9.17, 15) is 14.0 Å². The molecule has 1 aromatic heterocycles. The molecule has 0 aliphatic rings. The molecule has 26 heavy (non-hydrogen) atoms. The lowest BCUT2D eigenvalue weighted by Gasteiger charge is -2.14. The lowest BCUT2D eigenvalue weighted by atomic mass is 9.98. The summed E-state index contributed by atoms with van der Waals surface area (Å²) in [6.45, 7) is 0.0906. The Morgan fingerprint density at radius 2 is 1.85 bits per heavy atom. The van der Waals surface area contributed by atoms with Crippen molar-refractivity contribution in [3.63, 3.8) is 0 Å². The van der Waals surface area contributed by atoms with Gasteiger partial charge in [0.15, 0.2) is 0 Å². The first kappa shape index (κ1) is 18.1. The predicted octanol–water partition coefficient (Wildman–Crippen LogP) is 3.14. The average Bonchev–Trinajstić information content (AvgIpc) is 2.97. The van der Waals surface area contributed by atoms with Crippen LogP contribution in [0.15, 0.2) is 53.0 Å². The maximum atomic E-state index is 13.0. The molecule has 2 amide bonds. The van der Waals surface area contributed by atoms with Gasteiger partial charge in [-0.25, -0.2) is 4.39 Å². The fourth-order valence-electron chi connectivity index (χ4n) is 2.75. The third-order valence-corrected chi connectivity index (χ3v) is 5.00. The van der Waals surface area contributed by atoms with Crippen molar-refractivity contribution in [2.75, 3.05) is 6.54 Å². The maximum Gasteiger partial charge on any atom is 0.268 e. The molecular weight excluding hydrogens is 401 g/mol. The number of aromatic amines is 1. The maximum absolute atomic E-state index is 13.0. The number of nitrogens with two attached hydrogens (primary N) is 1. The SMILES string of the molecule is NC(=O)C(CNC(=O)c1[nH]c2ccccc2c1Br)Cc1ccc(F)cc1. The van der Waals surface area contributed by atoms with Crippen LogP contribution >= 0.6 is 15.9 Å². The topological polar surface area (TPSA) is 88.0 Å². The minimum absolute atomic E-state index is 0.0906. The van der Waals surface area contributed by atoms with Crippen LogP contribution in [0.1, 0.15) is 16.1 Å². The highest BCUT2D eigenvalue weighted by Crippen LogP contribution is 2.27. The van der Waals surface area contributed by atoms with Crippen LogP contribution in [0.5, 0.6) is 0 Å². The van der Waals surface area contributed by atoms with Gasteiger partial charge in [-0.3, -0.25) is 9.59 Å². The Hall–Kier alpha value is -2.67. The van der Waals surface area contributed by atoms with Crippen molar-refractivity contribution in [2.45, 2.75) is 6.42 Å². The molecule has 0 aliphatic heterocycles. The van der Waals surface area contributed by atoms with E-state index in [-0.39, 0.29) is 18.3 Å². The highest BCUT2D eigenvalue weighted by Gasteiger charge is 2.20. The normalized spacial score (nSPS) is 12.1. The van der Waals surface area contributed by atoms with E-state index < -0.39 is 11.8 Å². The molecule has 1 unspecified atom stereocenters. The standard InChI is InChI=1S/C19H17BrFN3O2/c20-16-14-3-1-2-4-15(14)24-17(16)19(26)23-10-12(18(22)25)9-11-5-7-13(21)8-6-11/h1-8,12,24H,9-10H2,(H2,22,25)(H,23,26). The number of nitrogens with one attached hydrogen (secondary N) is 2. The van der Waals surface area contributed by atoms with Gasteiger partial charge in [-0.1, -0.05) is 30.3 Å². The van der Waals surface area contributed by atoms with Crippen LogP contribution in [0, 0.1) is 11.7 Å². The molecule has 5 nitrogen and oxygen atoms in total. The van der Waals surface area contributed by atoms with Crippen molar-refractivity contribution in [1.82, 2.24) is 10.3 Å². The molecule has 0 spiro atoms. The number of fused-ring (bicyclic) bond motifs is 1. The molecule has 0 radical (unpaired) electrons. The number of carbonyl (C=O) groups excluding carboxylic acids is 2. The van der Waals surface area contributed by atoms with Crippen LogP contribution in [0.3, 0.4) is 0 Å². The molecule has 1 atom stereocenters. The Labute approximate surface area is 157 Å². The van der Waals surface area contributed by atoms with E-state index in [0.29, 0.717) is 16.6 Å². The van der Waals surface area contributed by atoms with Gasteiger partial charge < -0.3 is 16.0 Å². The van der Waals surface area contributed by atoms with Crippen LogP contribution in [0.2, 0.25) is 0 Å². The van der Waals surface area contributed by atoms with Crippen molar-refractivity contribution in [3.8, 4) is 0 Å². The Morgan fingerprint density at radius 1 is 1.15 bits per heavy atom. The van der Waals surface area contributed by atoms with E-state index >= 15 is 0 Å². The zero-order valence-corrected chi connectivity index (χ0v) is 15.3. The summed E-state index contributed by atoms with van der Waals surface area (Å²) in [4.78, 5) is 27.2. The van der Waals surface area contributed by atoms with Crippen LogP contribution in [-0.2, 0) is 11.2 Å². The van der Waals surface area contributed by atoms with Crippen LogP contribution in [0.4, 0.5) is 4.39 Å². The van der Waals surface area contributed by atoms with E-state index in [1.807, 2.05) is 24.3 Å². The molecule has 0 saturated heterocycles. The van der Waals surface area contributed by atoms with Gasteiger partial charge in [0.1, 0.15) is 11.5 Å². The molecule has 0 bridgehead atoms. The summed E-state index contributed by atoms with van der Waals surface area (Å²) >= 11 is 3.43. The molecule has 3 aromatic rings. The minimum atomic E-state index is -0.590. The molecule has 1 heterocycles. The van der Waals surface area contributed by atoms with E-state index in [1.54, 1.807) is 12.1 Å². The van der Waals surface area contributed by atoms with Crippen LogP contribution < -0.4 is 11.1 Å². The first-order chi connectivity index (χ1) is 12.5. The van der Waals surface area contributed by atoms with Crippen LogP contribution in [0.25, 0.3) is 10.9 Å². The Morgan fingerprint density at radius 3 is 2.50 bits per heavy atom. The van der Waals surface area contributed by atoms with Gasteiger partial charge in [-0.05, 0) is 46.1 Å². The highest BCUT2D eigenvalue weighted by molar-refractivity contribution is 9.10. The molecule has 2 aromatic carbocycles. The first-order valence-electron chi connectivity index (χ1n) is 8.04. The number of rotatable bonds is 6. The van der Waals surface area contributed by atoms with Gasteiger partial charge in [-0.2, -0.15) is 0 Å². The lowest BCUT2D eigenvalue weighted by Crippen LogP contribution is -2.37. The monoisotopic (exact) mass is 417 g/mol. The highest BCUT2D eigenvalue weighted by atomic mass is 79.9. The zero-order valence-electron chi connectivity index (χ0n) is 13.8. The first-order valence-corrected chi connectivity index (χ1v) is 8.83. The van der Waals surface area contributed by atoms with Gasteiger partial charge in [0, 0.05) is 17.4 Å². The average molecular weight is 418 g/mol. The lowest BCUT2D eigenvalue weighted by molar-refractivity contribution is -0.121. The molecule has 0 saturated carbocycles. The van der Waals surface area contributed by atoms with Crippen molar-refractivity contribution >= 4 is 38.6 Å². The quantitative estimate of drug-likeness (QED) is 0.575. The number of hydrogen-bond acceptors (Lipinski definition) is 2. The smallest absolute Gasteiger partial charge is 0.268 e. The number of benzene rings is 2. The molecule has 4 N–H and O–H groups in total. The Kier molecular flexibility index (Phi) is 5.37. The number of aromatic nitrogens is 1. The summed E-state index contributed by atoms with van der Waals surface area (Å²) in [5, 5.41) is 3.64. The van der Waals surface area contributed by atoms with E-state index in [0.717, 1.165) is 16.5 Å². The Balaban J connectivity index is 1.70. The number of carbonyl (C=O) groups is 2. The van der Waals surface area contributed by atoms with Gasteiger partial charge in [-0.15, -0.1) is 0 Å². The van der Waals surface area contributed by atoms with E-state index in [2.05, 4.69) is 26.2 Å². The number of para-hydroxylation sites is 1. The van der Waals surface area contributed by atoms with Crippen molar-refractivity contribution in [3.05, 3.63) is 70.1 Å². The minimum Gasteiger partial charge on any atom is -0.369 e. The summed E-state index contributed by atoms with van der Waals surface area (Å²) < 4.78 is 13.7. The molecule has 0 aliphatic carbocycles. The third-order valence-electron chi connectivity index (χ3n) is 4.18. The van der Waals surface area contributed by atoms with Gasteiger partial charge in [0.2, 0.25) is 5.91 Å². The summed E-state index contributed by atoms with van der Waals surface area (Å²) in [6.07, 6.45) is 0.323. The fraction of sp³-hybridized carbons (Fsp3) is 0.158. The van der Waals surface area contributed by atoms with Gasteiger partial charge in [0.05, 0.1) is 10.4 Å². The summed E-state index contributed by atoms with van der Waals surface area (Å²) in [5.41, 5.74) is 7.44. The van der Waals surface area contributed by atoms with Crippen LogP contribution in [-0.4, -0.2) is 23.3 Å². The summed E-state index contributed by atoms with van der Waals surface area (Å²) in [6, 6.07) is 13.4. The molecule has 3 rings (SSSR count). The number of halogens is 2. The Bertz CT molecular complexity index is 953. The molecule has 134 valence electrons. The zero-order chi connectivity index (χ0) is 18.7. The molecule has 7 heteroatoms. The number of amides is 2.